The molecule has 3 nitrogen and oxygen atoms in total. The number of benzene rings is 1. The Morgan fingerprint density at radius 1 is 1.20 bits per heavy atom. The fraction of sp³-hybridized carbons (Fsp3) is 0.333. The van der Waals surface area contributed by atoms with Crippen LogP contribution >= 0.6 is 0 Å². The maximum Gasteiger partial charge on any atom is 0.211 e. The smallest absolute Gasteiger partial charge is 0.211 e. The molecule has 0 bridgehead atoms. The highest BCUT2D eigenvalue weighted by Gasteiger charge is 2.24. The lowest BCUT2D eigenvalue weighted by Gasteiger charge is -2.24. The molecule has 0 saturated carbocycles. The summed E-state index contributed by atoms with van der Waals surface area (Å²) >= 11 is 0. The van der Waals surface area contributed by atoms with E-state index in [-0.39, 0.29) is 6.61 Å². The van der Waals surface area contributed by atoms with Crippen LogP contribution in [0.1, 0.15) is 5.56 Å². The van der Waals surface area contributed by atoms with Gasteiger partial charge in [0.15, 0.2) is 0 Å². The quantitative estimate of drug-likeness (QED) is 0.748. The zero-order chi connectivity index (χ0) is 11.1. The first kappa shape index (κ1) is 11.9. The van der Waals surface area contributed by atoms with E-state index in [9.17, 15) is 0 Å². The van der Waals surface area contributed by atoms with E-state index in [4.69, 9.17) is 14.6 Å². The molecule has 1 rings (SSSR count). The van der Waals surface area contributed by atoms with Gasteiger partial charge in [-0.25, -0.2) is 0 Å². The Balaban J connectivity index is 2.79. The van der Waals surface area contributed by atoms with Crippen LogP contribution in [0.15, 0.2) is 36.4 Å². The third-order valence-electron chi connectivity index (χ3n) is 2.24. The van der Waals surface area contributed by atoms with E-state index in [2.05, 4.69) is 0 Å². The maximum atomic E-state index is 9.15. The molecule has 15 heavy (non-hydrogen) atoms. The van der Waals surface area contributed by atoms with E-state index in [1.807, 2.05) is 36.4 Å². The Labute approximate surface area is 90.0 Å². The molecule has 0 spiro atoms. The molecule has 0 aromatic heterocycles. The van der Waals surface area contributed by atoms with Gasteiger partial charge in [-0.3, -0.25) is 0 Å². The van der Waals surface area contributed by atoms with Gasteiger partial charge >= 0.3 is 0 Å². The van der Waals surface area contributed by atoms with Crippen LogP contribution in [-0.4, -0.2) is 31.7 Å². The van der Waals surface area contributed by atoms with Crippen molar-refractivity contribution in [2.45, 2.75) is 5.79 Å². The Morgan fingerprint density at radius 2 is 1.80 bits per heavy atom. The summed E-state index contributed by atoms with van der Waals surface area (Å²) in [7, 11) is 2.99. The number of hydrogen-bond donors (Lipinski definition) is 1. The first-order valence-corrected chi connectivity index (χ1v) is 4.72. The number of rotatable bonds is 5. The fourth-order valence-corrected chi connectivity index (χ4v) is 1.19. The van der Waals surface area contributed by atoms with Crippen LogP contribution in [0.5, 0.6) is 0 Å². The summed E-state index contributed by atoms with van der Waals surface area (Å²) in [4.78, 5) is 0. The van der Waals surface area contributed by atoms with E-state index >= 15 is 0 Å². The van der Waals surface area contributed by atoms with Crippen LogP contribution in [0.4, 0.5) is 0 Å². The topological polar surface area (TPSA) is 38.7 Å². The Bertz CT molecular complexity index is 294. The predicted molar refractivity (Wildman–Crippen MR) is 59.3 cm³/mol. The summed E-state index contributed by atoms with van der Waals surface area (Å²) in [5.41, 5.74) is 1.03. The second-order valence-corrected chi connectivity index (χ2v) is 3.12. The number of aliphatic hydroxyl groups excluding tert-OH is 1. The van der Waals surface area contributed by atoms with Crippen molar-refractivity contribution < 1.29 is 14.6 Å². The van der Waals surface area contributed by atoms with Gasteiger partial charge < -0.3 is 14.6 Å². The fourth-order valence-electron chi connectivity index (χ4n) is 1.19. The van der Waals surface area contributed by atoms with E-state index < -0.39 is 5.79 Å². The molecule has 3 heteroatoms. The molecule has 0 aliphatic rings. The molecule has 82 valence electrons. The van der Waals surface area contributed by atoms with E-state index in [1.54, 1.807) is 6.08 Å². The number of ether oxygens (including phenoxy) is 2. The molecule has 0 heterocycles. The molecular weight excluding hydrogens is 192 g/mol. The van der Waals surface area contributed by atoms with Gasteiger partial charge in [-0.1, -0.05) is 36.4 Å². The van der Waals surface area contributed by atoms with Gasteiger partial charge in [0.1, 0.15) is 6.61 Å². The summed E-state index contributed by atoms with van der Waals surface area (Å²) in [5, 5.41) is 9.15. The normalized spacial score (nSPS) is 12.2. The number of aliphatic hydroxyl groups is 1. The van der Waals surface area contributed by atoms with Gasteiger partial charge in [0.05, 0.1) is 0 Å². The molecule has 0 radical (unpaired) electrons. The molecule has 1 aromatic carbocycles. The molecule has 0 aliphatic carbocycles. The molecule has 0 unspecified atom stereocenters. The highest BCUT2D eigenvalue weighted by atomic mass is 16.7. The third-order valence-corrected chi connectivity index (χ3v) is 2.24. The summed E-state index contributed by atoms with van der Waals surface area (Å²) < 4.78 is 10.2. The number of methoxy groups -OCH3 is 2. The van der Waals surface area contributed by atoms with Gasteiger partial charge in [0, 0.05) is 14.2 Å². The molecule has 0 fully saturated rings. The summed E-state index contributed by atoms with van der Waals surface area (Å²) in [5.74, 6) is -1.05. The lowest BCUT2D eigenvalue weighted by atomic mass is 10.1. The summed E-state index contributed by atoms with van der Waals surface area (Å²) in [6, 6.07) is 9.76. The molecule has 0 amide bonds. The van der Waals surface area contributed by atoms with Crippen LogP contribution in [0.25, 0.3) is 6.08 Å². The third kappa shape index (κ3) is 3.16. The van der Waals surface area contributed by atoms with Gasteiger partial charge in [0.25, 0.3) is 0 Å². The largest absolute Gasteiger partial charge is 0.390 e. The van der Waals surface area contributed by atoms with Crippen molar-refractivity contribution >= 4 is 6.08 Å². The lowest BCUT2D eigenvalue weighted by Crippen LogP contribution is -2.35. The van der Waals surface area contributed by atoms with Crippen LogP contribution in [-0.2, 0) is 9.47 Å². The van der Waals surface area contributed by atoms with Crippen molar-refractivity contribution in [2.24, 2.45) is 0 Å². The minimum absolute atomic E-state index is 0.219. The van der Waals surface area contributed by atoms with Crippen molar-refractivity contribution in [3.8, 4) is 0 Å². The monoisotopic (exact) mass is 208 g/mol. The highest BCUT2D eigenvalue weighted by molar-refractivity contribution is 5.49. The molecule has 1 N–H and O–H groups in total. The molecule has 0 aliphatic heterocycles. The average molecular weight is 208 g/mol. The summed E-state index contributed by atoms with van der Waals surface area (Å²) in [6.07, 6.45) is 3.55. The molecule has 0 atom stereocenters. The van der Waals surface area contributed by atoms with Crippen molar-refractivity contribution in [1.29, 1.82) is 0 Å². The van der Waals surface area contributed by atoms with E-state index in [0.717, 1.165) is 5.56 Å². The van der Waals surface area contributed by atoms with Crippen LogP contribution in [0, 0.1) is 0 Å². The predicted octanol–water partition coefficient (Wildman–Crippen LogP) is 1.68. The maximum absolute atomic E-state index is 9.15. The van der Waals surface area contributed by atoms with Gasteiger partial charge in [-0.2, -0.15) is 0 Å². The molecule has 0 saturated heterocycles. The van der Waals surface area contributed by atoms with Crippen molar-refractivity contribution in [1.82, 2.24) is 0 Å². The zero-order valence-electron chi connectivity index (χ0n) is 9.01. The van der Waals surface area contributed by atoms with E-state index in [0.29, 0.717) is 0 Å². The van der Waals surface area contributed by atoms with Crippen molar-refractivity contribution in [3.63, 3.8) is 0 Å². The first-order valence-electron chi connectivity index (χ1n) is 4.72. The van der Waals surface area contributed by atoms with Gasteiger partial charge in [0.2, 0.25) is 5.79 Å². The summed E-state index contributed by atoms with van der Waals surface area (Å²) in [6.45, 7) is -0.219. The molecular formula is C12H16O3. The standard InChI is InChI=1S/C12H16O3/c1-14-12(10-13,15-2)9-8-11-6-4-3-5-7-11/h3-9,13H,10H2,1-2H3/b9-8+. The van der Waals surface area contributed by atoms with Crippen molar-refractivity contribution in [3.05, 3.63) is 42.0 Å². The average Bonchev–Trinajstić information content (AvgIpc) is 2.33. The van der Waals surface area contributed by atoms with Crippen molar-refractivity contribution in [2.75, 3.05) is 20.8 Å². The second-order valence-electron chi connectivity index (χ2n) is 3.12. The molecule has 1 aromatic rings. The van der Waals surface area contributed by atoms with Gasteiger partial charge in [-0.05, 0) is 11.6 Å². The Hall–Kier alpha value is -1.16. The van der Waals surface area contributed by atoms with Crippen LogP contribution < -0.4 is 0 Å². The first-order chi connectivity index (χ1) is 7.26. The Morgan fingerprint density at radius 3 is 2.27 bits per heavy atom. The lowest BCUT2D eigenvalue weighted by molar-refractivity contribution is -0.191. The van der Waals surface area contributed by atoms with E-state index in [1.165, 1.54) is 14.2 Å². The number of hydrogen-bond acceptors (Lipinski definition) is 3. The Kier molecular flexibility index (Phi) is 4.49. The zero-order valence-corrected chi connectivity index (χ0v) is 9.01. The SMILES string of the molecule is COC(/C=C/c1ccccc1)(CO)OC. The minimum Gasteiger partial charge on any atom is -0.390 e. The minimum atomic E-state index is -1.05. The van der Waals surface area contributed by atoms with Crippen LogP contribution in [0.2, 0.25) is 0 Å². The second kappa shape index (κ2) is 5.66. The highest BCUT2D eigenvalue weighted by Crippen LogP contribution is 2.14. The van der Waals surface area contributed by atoms with Crippen LogP contribution in [0.3, 0.4) is 0 Å². The van der Waals surface area contributed by atoms with Gasteiger partial charge in [-0.15, -0.1) is 0 Å².